The van der Waals surface area contributed by atoms with Gasteiger partial charge in [0.1, 0.15) is 0 Å². The summed E-state index contributed by atoms with van der Waals surface area (Å²) in [6.07, 6.45) is 1.38. The molecule has 0 saturated heterocycles. The van der Waals surface area contributed by atoms with Crippen LogP contribution in [0.1, 0.15) is 13.8 Å². The molecule has 0 aliphatic rings. The van der Waals surface area contributed by atoms with Gasteiger partial charge in [-0.1, -0.05) is 13.8 Å². The van der Waals surface area contributed by atoms with Gasteiger partial charge in [0.15, 0.2) is 0 Å². The SMILES string of the molecule is CN=C(C(N)=CN)C(C)C. The Morgan fingerprint density at radius 2 is 2.00 bits per heavy atom. The fraction of sp³-hybridized carbons (Fsp3) is 0.571. The van der Waals surface area contributed by atoms with Gasteiger partial charge in [-0.25, -0.2) is 0 Å². The maximum Gasteiger partial charge on any atom is 0.0688 e. The fourth-order valence-corrected chi connectivity index (χ4v) is 0.806. The molecule has 0 unspecified atom stereocenters. The second kappa shape index (κ2) is 3.93. The van der Waals surface area contributed by atoms with E-state index in [0.717, 1.165) is 5.71 Å². The zero-order valence-electron chi connectivity index (χ0n) is 6.76. The highest BCUT2D eigenvalue weighted by Gasteiger charge is 2.05. The van der Waals surface area contributed by atoms with Crippen molar-refractivity contribution < 1.29 is 0 Å². The van der Waals surface area contributed by atoms with Crippen LogP contribution in [0.15, 0.2) is 16.9 Å². The summed E-state index contributed by atoms with van der Waals surface area (Å²) in [7, 11) is 1.71. The maximum atomic E-state index is 5.53. The molecular weight excluding hydrogens is 126 g/mol. The summed E-state index contributed by atoms with van der Waals surface area (Å²) in [4.78, 5) is 4.00. The van der Waals surface area contributed by atoms with E-state index in [2.05, 4.69) is 4.99 Å². The molecule has 0 fully saturated rings. The van der Waals surface area contributed by atoms with E-state index in [4.69, 9.17) is 11.5 Å². The Morgan fingerprint density at radius 3 is 2.10 bits per heavy atom. The molecule has 0 amide bonds. The normalized spacial score (nSPS) is 14.4. The Kier molecular flexibility index (Phi) is 3.54. The van der Waals surface area contributed by atoms with Crippen LogP contribution < -0.4 is 11.5 Å². The van der Waals surface area contributed by atoms with Crippen LogP contribution in [0.3, 0.4) is 0 Å². The number of allylic oxidation sites excluding steroid dienone is 1. The molecule has 0 rings (SSSR count). The molecule has 0 aliphatic carbocycles. The van der Waals surface area contributed by atoms with Gasteiger partial charge in [-0.2, -0.15) is 0 Å². The Labute approximate surface area is 61.8 Å². The Bertz CT molecular complexity index is 156. The van der Waals surface area contributed by atoms with E-state index in [0.29, 0.717) is 11.6 Å². The van der Waals surface area contributed by atoms with Gasteiger partial charge in [-0.05, 0) is 5.92 Å². The van der Waals surface area contributed by atoms with Crippen molar-refractivity contribution in [1.82, 2.24) is 0 Å². The van der Waals surface area contributed by atoms with E-state index >= 15 is 0 Å². The summed E-state index contributed by atoms with van der Waals surface area (Å²) in [5.74, 6) is 0.338. The minimum absolute atomic E-state index is 0.338. The molecule has 4 N–H and O–H groups in total. The van der Waals surface area contributed by atoms with E-state index in [1.807, 2.05) is 13.8 Å². The minimum atomic E-state index is 0.338. The highest BCUT2D eigenvalue weighted by atomic mass is 14.8. The third-order valence-electron chi connectivity index (χ3n) is 1.26. The maximum absolute atomic E-state index is 5.53. The number of hydrogen-bond donors (Lipinski definition) is 2. The Hall–Kier alpha value is -0.990. The third-order valence-corrected chi connectivity index (χ3v) is 1.26. The van der Waals surface area contributed by atoms with Crippen LogP contribution in [0.4, 0.5) is 0 Å². The molecule has 3 nitrogen and oxygen atoms in total. The van der Waals surface area contributed by atoms with E-state index in [9.17, 15) is 0 Å². The third kappa shape index (κ3) is 2.09. The monoisotopic (exact) mass is 141 g/mol. The van der Waals surface area contributed by atoms with Crippen LogP contribution in [-0.4, -0.2) is 12.8 Å². The van der Waals surface area contributed by atoms with E-state index in [-0.39, 0.29) is 0 Å². The summed E-state index contributed by atoms with van der Waals surface area (Å²) in [6.45, 7) is 4.05. The van der Waals surface area contributed by atoms with Crippen molar-refractivity contribution in [1.29, 1.82) is 0 Å². The zero-order valence-corrected chi connectivity index (χ0v) is 6.76. The van der Waals surface area contributed by atoms with Crippen molar-refractivity contribution in [2.24, 2.45) is 22.4 Å². The number of rotatable bonds is 2. The smallest absolute Gasteiger partial charge is 0.0688 e. The van der Waals surface area contributed by atoms with Gasteiger partial charge < -0.3 is 11.5 Å². The summed E-state index contributed by atoms with van der Waals surface area (Å²) in [5.41, 5.74) is 12.2. The highest BCUT2D eigenvalue weighted by molar-refractivity contribution is 6.00. The molecule has 3 heteroatoms. The average Bonchev–Trinajstić information content (AvgIpc) is 1.88. The second-order valence-electron chi connectivity index (χ2n) is 2.39. The molecule has 10 heavy (non-hydrogen) atoms. The number of aliphatic imine (C=N–C) groups is 1. The van der Waals surface area contributed by atoms with Crippen molar-refractivity contribution in [2.45, 2.75) is 13.8 Å². The van der Waals surface area contributed by atoms with Gasteiger partial charge in [-0.15, -0.1) is 0 Å². The first kappa shape index (κ1) is 9.01. The molecule has 0 aliphatic heterocycles. The van der Waals surface area contributed by atoms with Crippen molar-refractivity contribution in [2.75, 3.05) is 7.05 Å². The van der Waals surface area contributed by atoms with Crippen LogP contribution in [0, 0.1) is 5.92 Å². The fourth-order valence-electron chi connectivity index (χ4n) is 0.806. The quantitative estimate of drug-likeness (QED) is 0.549. The van der Waals surface area contributed by atoms with Crippen molar-refractivity contribution in [3.8, 4) is 0 Å². The molecule has 0 radical (unpaired) electrons. The molecule has 0 saturated carbocycles. The standard InChI is InChI=1S/C7H15N3/c1-5(2)7(10-3)6(9)4-8/h4-5H,8-9H2,1-3H3. The van der Waals surface area contributed by atoms with Gasteiger partial charge >= 0.3 is 0 Å². The number of nitrogens with zero attached hydrogens (tertiary/aromatic N) is 1. The molecular formula is C7H15N3. The largest absolute Gasteiger partial charge is 0.403 e. The van der Waals surface area contributed by atoms with E-state index < -0.39 is 0 Å². The van der Waals surface area contributed by atoms with Crippen LogP contribution in [0.5, 0.6) is 0 Å². The van der Waals surface area contributed by atoms with Gasteiger partial charge in [0.2, 0.25) is 0 Å². The topological polar surface area (TPSA) is 64.4 Å². The first-order valence-electron chi connectivity index (χ1n) is 3.27. The second-order valence-corrected chi connectivity index (χ2v) is 2.39. The lowest BCUT2D eigenvalue weighted by molar-refractivity contribution is 0.876. The average molecular weight is 141 g/mol. The predicted octanol–water partition coefficient (Wildman–Crippen LogP) is 0.472. The Morgan fingerprint density at radius 1 is 1.50 bits per heavy atom. The molecule has 58 valence electrons. The molecule has 0 atom stereocenters. The first-order chi connectivity index (χ1) is 4.63. The van der Waals surface area contributed by atoms with Crippen LogP contribution in [-0.2, 0) is 0 Å². The van der Waals surface area contributed by atoms with E-state index in [1.54, 1.807) is 7.05 Å². The van der Waals surface area contributed by atoms with Crippen LogP contribution >= 0.6 is 0 Å². The summed E-state index contributed by atoms with van der Waals surface area (Å²) in [6, 6.07) is 0. The first-order valence-corrected chi connectivity index (χ1v) is 3.27. The molecule has 0 spiro atoms. The number of nitrogens with two attached hydrogens (primary N) is 2. The van der Waals surface area contributed by atoms with Gasteiger partial charge in [-0.3, -0.25) is 4.99 Å². The van der Waals surface area contributed by atoms with Gasteiger partial charge in [0.05, 0.1) is 11.4 Å². The molecule has 0 heterocycles. The van der Waals surface area contributed by atoms with Crippen molar-refractivity contribution >= 4 is 5.71 Å². The van der Waals surface area contributed by atoms with Crippen molar-refractivity contribution in [3.05, 3.63) is 11.9 Å². The van der Waals surface area contributed by atoms with E-state index in [1.165, 1.54) is 6.20 Å². The summed E-state index contributed by atoms with van der Waals surface area (Å²) >= 11 is 0. The van der Waals surface area contributed by atoms with Crippen LogP contribution in [0.2, 0.25) is 0 Å². The minimum Gasteiger partial charge on any atom is -0.403 e. The summed E-state index contributed by atoms with van der Waals surface area (Å²) < 4.78 is 0. The lowest BCUT2D eigenvalue weighted by Gasteiger charge is -2.07. The Balaban J connectivity index is 4.39. The van der Waals surface area contributed by atoms with Crippen LogP contribution in [0.25, 0.3) is 0 Å². The lowest BCUT2D eigenvalue weighted by Crippen LogP contribution is -2.18. The molecule has 0 aromatic rings. The summed E-state index contributed by atoms with van der Waals surface area (Å²) in [5, 5.41) is 0. The lowest BCUT2D eigenvalue weighted by atomic mass is 10.1. The predicted molar refractivity (Wildman–Crippen MR) is 44.7 cm³/mol. The number of hydrogen-bond acceptors (Lipinski definition) is 3. The molecule has 0 aromatic heterocycles. The molecule has 0 aromatic carbocycles. The van der Waals surface area contributed by atoms with Gasteiger partial charge in [0, 0.05) is 13.2 Å². The zero-order chi connectivity index (χ0) is 8.15. The van der Waals surface area contributed by atoms with Gasteiger partial charge in [0.25, 0.3) is 0 Å². The van der Waals surface area contributed by atoms with Crippen molar-refractivity contribution in [3.63, 3.8) is 0 Å². The highest BCUT2D eigenvalue weighted by Crippen LogP contribution is 2.01. The molecule has 0 bridgehead atoms.